The van der Waals surface area contributed by atoms with E-state index < -0.39 is 4.92 Å². The second-order valence-electron chi connectivity index (χ2n) is 4.14. The lowest BCUT2D eigenvalue weighted by molar-refractivity contribution is -0.385. The summed E-state index contributed by atoms with van der Waals surface area (Å²) in [5.74, 6) is 0.827. The third-order valence-corrected chi connectivity index (χ3v) is 2.77. The van der Waals surface area contributed by atoms with E-state index in [9.17, 15) is 10.1 Å². The number of rotatable bonds is 6. The normalized spacial score (nSPS) is 10.2. The molecule has 2 aromatic rings. The highest BCUT2D eigenvalue weighted by Crippen LogP contribution is 2.33. The molecule has 0 aliphatic heterocycles. The number of nitrogens with zero attached hydrogens (tertiary/aromatic N) is 3. The van der Waals surface area contributed by atoms with E-state index in [1.54, 1.807) is 6.07 Å². The molecular formula is C13H13ClN4O3. The molecule has 1 heterocycles. The molecule has 8 heteroatoms. The van der Waals surface area contributed by atoms with Gasteiger partial charge in [-0.1, -0.05) is 18.5 Å². The van der Waals surface area contributed by atoms with Crippen molar-refractivity contribution in [1.29, 1.82) is 0 Å². The third-order valence-electron chi connectivity index (χ3n) is 2.53. The van der Waals surface area contributed by atoms with E-state index >= 15 is 0 Å². The maximum Gasteiger partial charge on any atom is 0.311 e. The van der Waals surface area contributed by atoms with E-state index in [0.717, 1.165) is 13.0 Å². The van der Waals surface area contributed by atoms with Gasteiger partial charge in [0.05, 0.1) is 4.92 Å². The number of aromatic nitrogens is 2. The maximum absolute atomic E-state index is 11.0. The highest BCUT2D eigenvalue weighted by molar-refractivity contribution is 6.30. The zero-order chi connectivity index (χ0) is 15.2. The summed E-state index contributed by atoms with van der Waals surface area (Å²) in [6.07, 6.45) is 2.27. The summed E-state index contributed by atoms with van der Waals surface area (Å²) in [5, 5.41) is 14.4. The Bertz CT molecular complexity index is 651. The molecular weight excluding hydrogens is 296 g/mol. The number of nitro groups is 1. The molecule has 0 unspecified atom stereocenters. The van der Waals surface area contributed by atoms with E-state index in [1.807, 2.05) is 6.92 Å². The summed E-state index contributed by atoms with van der Waals surface area (Å²) in [4.78, 5) is 18.4. The number of anilines is 1. The Hall–Kier alpha value is -2.41. The fourth-order valence-electron chi connectivity index (χ4n) is 1.58. The van der Waals surface area contributed by atoms with Crippen molar-refractivity contribution in [3.63, 3.8) is 0 Å². The van der Waals surface area contributed by atoms with Crippen LogP contribution in [0.1, 0.15) is 13.3 Å². The number of halogens is 1. The van der Waals surface area contributed by atoms with Crippen molar-refractivity contribution >= 4 is 23.1 Å². The summed E-state index contributed by atoms with van der Waals surface area (Å²) < 4.78 is 5.46. The van der Waals surface area contributed by atoms with E-state index in [0.29, 0.717) is 10.8 Å². The van der Waals surface area contributed by atoms with E-state index in [4.69, 9.17) is 16.3 Å². The van der Waals surface area contributed by atoms with Crippen molar-refractivity contribution in [1.82, 2.24) is 9.97 Å². The van der Waals surface area contributed by atoms with Crippen LogP contribution in [0.5, 0.6) is 11.6 Å². The van der Waals surface area contributed by atoms with Crippen molar-refractivity contribution in [3.8, 4) is 11.6 Å². The first-order chi connectivity index (χ1) is 10.1. The molecule has 21 heavy (non-hydrogen) atoms. The second kappa shape index (κ2) is 6.85. The molecule has 2 rings (SSSR count). The Labute approximate surface area is 126 Å². The van der Waals surface area contributed by atoms with Crippen LogP contribution >= 0.6 is 11.6 Å². The van der Waals surface area contributed by atoms with Crippen molar-refractivity contribution in [2.75, 3.05) is 11.9 Å². The second-order valence-corrected chi connectivity index (χ2v) is 4.58. The molecule has 7 nitrogen and oxygen atoms in total. The van der Waals surface area contributed by atoms with E-state index in [2.05, 4.69) is 15.3 Å². The molecule has 0 aliphatic rings. The summed E-state index contributed by atoms with van der Waals surface area (Å²) >= 11 is 5.84. The third kappa shape index (κ3) is 4.03. The summed E-state index contributed by atoms with van der Waals surface area (Å²) in [5.41, 5.74) is -0.180. The molecule has 0 fully saturated rings. The van der Waals surface area contributed by atoms with Crippen LogP contribution in [0.15, 0.2) is 30.6 Å². The van der Waals surface area contributed by atoms with Crippen LogP contribution in [0, 0.1) is 10.1 Å². The molecule has 0 saturated carbocycles. The zero-order valence-corrected chi connectivity index (χ0v) is 12.0. The lowest BCUT2D eigenvalue weighted by atomic mass is 10.3. The molecule has 0 spiro atoms. The zero-order valence-electron chi connectivity index (χ0n) is 11.2. The highest BCUT2D eigenvalue weighted by Gasteiger charge is 2.16. The van der Waals surface area contributed by atoms with Gasteiger partial charge >= 0.3 is 5.69 Å². The van der Waals surface area contributed by atoms with Crippen LogP contribution in [-0.4, -0.2) is 21.4 Å². The van der Waals surface area contributed by atoms with Gasteiger partial charge < -0.3 is 10.1 Å². The summed E-state index contributed by atoms with van der Waals surface area (Å²) in [6, 6.07) is 5.66. The molecule has 0 saturated heterocycles. The number of benzene rings is 1. The van der Waals surface area contributed by atoms with Gasteiger partial charge in [-0.05, 0) is 12.5 Å². The lowest BCUT2D eigenvalue weighted by Gasteiger charge is -2.07. The Morgan fingerprint density at radius 2 is 2.19 bits per heavy atom. The number of hydrogen-bond acceptors (Lipinski definition) is 6. The van der Waals surface area contributed by atoms with Crippen LogP contribution in [0.3, 0.4) is 0 Å². The fraction of sp³-hybridized carbons (Fsp3) is 0.231. The molecule has 0 radical (unpaired) electrons. The quantitative estimate of drug-likeness (QED) is 0.647. The molecule has 1 aromatic heterocycles. The van der Waals surface area contributed by atoms with Crippen molar-refractivity contribution in [2.24, 2.45) is 0 Å². The molecule has 0 bridgehead atoms. The molecule has 1 aromatic carbocycles. The first-order valence-corrected chi connectivity index (χ1v) is 6.65. The van der Waals surface area contributed by atoms with Gasteiger partial charge in [0.25, 0.3) is 0 Å². The monoisotopic (exact) mass is 308 g/mol. The van der Waals surface area contributed by atoms with Gasteiger partial charge in [0.2, 0.25) is 11.6 Å². The lowest BCUT2D eigenvalue weighted by Crippen LogP contribution is -2.02. The average Bonchev–Trinajstić information content (AvgIpc) is 2.45. The van der Waals surface area contributed by atoms with Crippen LogP contribution in [0.25, 0.3) is 0 Å². The Balaban J connectivity index is 2.25. The minimum Gasteiger partial charge on any atom is -0.432 e. The number of nitrogens with one attached hydrogen (secondary N) is 1. The van der Waals surface area contributed by atoms with E-state index in [-0.39, 0.29) is 17.3 Å². The van der Waals surface area contributed by atoms with Crippen molar-refractivity contribution in [2.45, 2.75) is 13.3 Å². The van der Waals surface area contributed by atoms with Crippen molar-refractivity contribution in [3.05, 3.63) is 45.7 Å². The molecule has 1 N–H and O–H groups in total. The van der Waals surface area contributed by atoms with Gasteiger partial charge in [-0.15, -0.1) is 0 Å². The number of hydrogen-bond donors (Lipinski definition) is 1. The number of ether oxygens (including phenoxy) is 1. The van der Waals surface area contributed by atoms with Gasteiger partial charge in [-0.25, -0.2) is 9.97 Å². The standard InChI is InChI=1S/C13H13ClN4O3/c1-2-5-15-12-7-13(17-8-16-12)21-11-6-9(14)3-4-10(11)18(19)20/h3-4,6-8H,2,5H2,1H3,(H,15,16,17). The highest BCUT2D eigenvalue weighted by atomic mass is 35.5. The predicted octanol–water partition coefficient (Wildman–Crippen LogP) is 3.65. The van der Waals surface area contributed by atoms with Crippen LogP contribution < -0.4 is 10.1 Å². The summed E-state index contributed by atoms with van der Waals surface area (Å²) in [7, 11) is 0. The van der Waals surface area contributed by atoms with Gasteiger partial charge in [-0.3, -0.25) is 10.1 Å². The first kappa shape index (κ1) is 15.0. The Morgan fingerprint density at radius 1 is 1.38 bits per heavy atom. The first-order valence-electron chi connectivity index (χ1n) is 6.28. The van der Waals surface area contributed by atoms with Gasteiger partial charge in [0.1, 0.15) is 12.1 Å². The number of nitro benzene ring substituents is 1. The van der Waals surface area contributed by atoms with Crippen molar-refractivity contribution < 1.29 is 9.66 Å². The minimum absolute atomic E-state index is 0.0349. The fourth-order valence-corrected chi connectivity index (χ4v) is 1.74. The Kier molecular flexibility index (Phi) is 4.89. The summed E-state index contributed by atoms with van der Waals surface area (Å²) in [6.45, 7) is 2.79. The predicted molar refractivity (Wildman–Crippen MR) is 79.0 cm³/mol. The van der Waals surface area contributed by atoms with Crippen LogP contribution in [-0.2, 0) is 0 Å². The van der Waals surface area contributed by atoms with Crippen LogP contribution in [0.2, 0.25) is 5.02 Å². The van der Waals surface area contributed by atoms with Crippen LogP contribution in [0.4, 0.5) is 11.5 Å². The average molecular weight is 309 g/mol. The molecule has 0 aliphatic carbocycles. The van der Waals surface area contributed by atoms with E-state index in [1.165, 1.54) is 24.5 Å². The SMILES string of the molecule is CCCNc1cc(Oc2cc(Cl)ccc2[N+](=O)[O-])ncn1. The van der Waals surface area contributed by atoms with Gasteiger partial charge in [0, 0.05) is 29.8 Å². The molecule has 0 atom stereocenters. The topological polar surface area (TPSA) is 90.2 Å². The van der Waals surface area contributed by atoms with Gasteiger partial charge in [-0.2, -0.15) is 0 Å². The maximum atomic E-state index is 11.0. The Morgan fingerprint density at radius 3 is 2.90 bits per heavy atom. The van der Waals surface area contributed by atoms with Gasteiger partial charge in [0.15, 0.2) is 0 Å². The molecule has 0 amide bonds. The largest absolute Gasteiger partial charge is 0.432 e. The molecule has 110 valence electrons. The minimum atomic E-state index is -0.539. The smallest absolute Gasteiger partial charge is 0.311 e.